The van der Waals surface area contributed by atoms with Gasteiger partial charge in [0.05, 0.1) is 18.3 Å². The normalized spacial score (nSPS) is 14.2. The molecule has 0 aromatic carbocycles. The lowest BCUT2D eigenvalue weighted by Gasteiger charge is -2.24. The van der Waals surface area contributed by atoms with Crippen LogP contribution < -0.4 is 0 Å². The molecule has 1 N–H and O–H groups in total. The maximum atomic E-state index is 9.85. The predicted molar refractivity (Wildman–Crippen MR) is 72.4 cm³/mol. The highest BCUT2D eigenvalue weighted by Crippen LogP contribution is 2.10. The summed E-state index contributed by atoms with van der Waals surface area (Å²) >= 11 is 1.70. The average molecular weight is 257 g/mol. The van der Waals surface area contributed by atoms with E-state index in [0.29, 0.717) is 13.2 Å². The van der Waals surface area contributed by atoms with Crippen LogP contribution in [0.3, 0.4) is 0 Å². The maximum Gasteiger partial charge on any atom is 0.0900 e. The van der Waals surface area contributed by atoms with Crippen LogP contribution in [0.5, 0.6) is 0 Å². The molecule has 4 heteroatoms. The van der Waals surface area contributed by atoms with Gasteiger partial charge in [-0.05, 0) is 50.2 Å². The van der Waals surface area contributed by atoms with E-state index < -0.39 is 6.10 Å². The molecule has 0 saturated heterocycles. The highest BCUT2D eigenvalue weighted by atomic mass is 32.1. The highest BCUT2D eigenvalue weighted by Gasteiger charge is 2.15. The number of hydrogen-bond donors (Lipinski definition) is 1. The van der Waals surface area contributed by atoms with E-state index in [1.165, 1.54) is 5.56 Å². The number of aliphatic hydroxyl groups excluding tert-OH is 1. The molecule has 3 nitrogen and oxygen atoms in total. The van der Waals surface area contributed by atoms with Crippen LogP contribution in [-0.2, 0) is 11.3 Å². The molecule has 98 valence electrons. The number of rotatable bonds is 6. The van der Waals surface area contributed by atoms with E-state index in [1.54, 1.807) is 11.3 Å². The van der Waals surface area contributed by atoms with Crippen molar-refractivity contribution >= 4 is 11.3 Å². The molecule has 0 aliphatic rings. The molecule has 1 aromatic rings. The molecule has 0 radical (unpaired) electrons. The standard InChI is InChI=1S/C13H23NO2S/c1-13(2,3)16-9-12(15)8-14(4)7-11-5-6-17-10-11/h5-6,10,12,15H,7-9H2,1-4H3. The summed E-state index contributed by atoms with van der Waals surface area (Å²) in [7, 11) is 2.01. The third-order valence-corrected chi connectivity index (χ3v) is 3.00. The van der Waals surface area contributed by atoms with Crippen LogP contribution in [-0.4, -0.2) is 41.9 Å². The van der Waals surface area contributed by atoms with E-state index in [1.807, 2.05) is 27.8 Å². The molecule has 0 amide bonds. The molecule has 0 aliphatic heterocycles. The van der Waals surface area contributed by atoms with Crippen molar-refractivity contribution in [2.45, 2.75) is 39.0 Å². The van der Waals surface area contributed by atoms with Gasteiger partial charge in [-0.2, -0.15) is 11.3 Å². The molecule has 1 aromatic heterocycles. The van der Waals surface area contributed by atoms with Gasteiger partial charge in [0, 0.05) is 13.1 Å². The Bertz CT molecular complexity index is 306. The first kappa shape index (κ1) is 14.6. The smallest absolute Gasteiger partial charge is 0.0900 e. The number of aliphatic hydroxyl groups is 1. The van der Waals surface area contributed by atoms with Gasteiger partial charge in [0.15, 0.2) is 0 Å². The molecule has 0 fully saturated rings. The largest absolute Gasteiger partial charge is 0.389 e. The first-order valence-corrected chi connectivity index (χ1v) is 6.83. The molecule has 0 spiro atoms. The van der Waals surface area contributed by atoms with Gasteiger partial charge in [-0.3, -0.25) is 4.90 Å². The molecule has 0 bridgehead atoms. The van der Waals surface area contributed by atoms with Gasteiger partial charge in [-0.1, -0.05) is 0 Å². The van der Waals surface area contributed by atoms with Gasteiger partial charge in [-0.15, -0.1) is 0 Å². The molecular weight excluding hydrogens is 234 g/mol. The first-order chi connectivity index (χ1) is 7.87. The minimum atomic E-state index is -0.433. The Balaban J connectivity index is 2.24. The minimum Gasteiger partial charge on any atom is -0.389 e. The second-order valence-electron chi connectivity index (χ2n) is 5.41. The Hall–Kier alpha value is -0.420. The zero-order valence-corrected chi connectivity index (χ0v) is 12.0. The number of thiophene rings is 1. The first-order valence-electron chi connectivity index (χ1n) is 5.88. The minimum absolute atomic E-state index is 0.188. The monoisotopic (exact) mass is 257 g/mol. The van der Waals surface area contributed by atoms with Crippen molar-refractivity contribution in [1.82, 2.24) is 4.90 Å². The van der Waals surface area contributed by atoms with Crippen molar-refractivity contribution in [2.75, 3.05) is 20.2 Å². The summed E-state index contributed by atoms with van der Waals surface area (Å²) in [6, 6.07) is 2.11. The fourth-order valence-electron chi connectivity index (χ4n) is 1.52. The number of nitrogens with zero attached hydrogens (tertiary/aromatic N) is 1. The summed E-state index contributed by atoms with van der Waals surface area (Å²) < 4.78 is 5.55. The molecular formula is C13H23NO2S. The number of ether oxygens (including phenoxy) is 1. The fourth-order valence-corrected chi connectivity index (χ4v) is 2.18. The lowest BCUT2D eigenvalue weighted by molar-refractivity contribution is -0.0550. The van der Waals surface area contributed by atoms with Gasteiger partial charge in [0.1, 0.15) is 0 Å². The summed E-state index contributed by atoms with van der Waals surface area (Å²) in [5.74, 6) is 0. The van der Waals surface area contributed by atoms with Gasteiger partial charge in [0.2, 0.25) is 0 Å². The zero-order chi connectivity index (χ0) is 12.9. The predicted octanol–water partition coefficient (Wildman–Crippen LogP) is 2.36. The van der Waals surface area contributed by atoms with E-state index in [-0.39, 0.29) is 5.60 Å². The molecule has 1 rings (SSSR count). The lowest BCUT2D eigenvalue weighted by atomic mass is 10.2. The summed E-state index contributed by atoms with van der Waals surface area (Å²) in [5, 5.41) is 14.1. The molecule has 0 saturated carbocycles. The third-order valence-electron chi connectivity index (χ3n) is 2.26. The van der Waals surface area contributed by atoms with Crippen molar-refractivity contribution in [1.29, 1.82) is 0 Å². The lowest BCUT2D eigenvalue weighted by Crippen LogP contribution is -2.34. The summed E-state index contributed by atoms with van der Waals surface area (Å²) in [6.07, 6.45) is -0.433. The van der Waals surface area contributed by atoms with Crippen LogP contribution in [0.2, 0.25) is 0 Å². The van der Waals surface area contributed by atoms with Crippen molar-refractivity contribution in [3.63, 3.8) is 0 Å². The van der Waals surface area contributed by atoms with E-state index >= 15 is 0 Å². The van der Waals surface area contributed by atoms with Crippen LogP contribution in [0, 0.1) is 0 Å². The highest BCUT2D eigenvalue weighted by molar-refractivity contribution is 7.07. The quantitative estimate of drug-likeness (QED) is 0.849. The Kier molecular flexibility index (Phi) is 5.59. The summed E-state index contributed by atoms with van der Waals surface area (Å²) in [4.78, 5) is 2.11. The Labute approximate surface area is 108 Å². The molecule has 17 heavy (non-hydrogen) atoms. The summed E-state index contributed by atoms with van der Waals surface area (Å²) in [5.41, 5.74) is 1.11. The van der Waals surface area contributed by atoms with Crippen molar-refractivity contribution in [3.8, 4) is 0 Å². The van der Waals surface area contributed by atoms with E-state index in [2.05, 4.69) is 21.7 Å². The van der Waals surface area contributed by atoms with Crippen molar-refractivity contribution in [3.05, 3.63) is 22.4 Å². The summed E-state index contributed by atoms with van der Waals surface area (Å²) in [6.45, 7) is 7.87. The van der Waals surface area contributed by atoms with Crippen LogP contribution in [0.25, 0.3) is 0 Å². The van der Waals surface area contributed by atoms with Crippen LogP contribution in [0.15, 0.2) is 16.8 Å². The third kappa shape index (κ3) is 6.78. The second-order valence-corrected chi connectivity index (χ2v) is 6.19. The zero-order valence-electron chi connectivity index (χ0n) is 11.1. The van der Waals surface area contributed by atoms with E-state index in [9.17, 15) is 5.11 Å². The van der Waals surface area contributed by atoms with E-state index in [0.717, 1.165) is 6.54 Å². The Morgan fingerprint density at radius 2 is 2.18 bits per heavy atom. The van der Waals surface area contributed by atoms with Crippen LogP contribution in [0.1, 0.15) is 26.3 Å². The Morgan fingerprint density at radius 3 is 2.71 bits per heavy atom. The molecule has 0 aliphatic carbocycles. The molecule has 1 atom stereocenters. The topological polar surface area (TPSA) is 32.7 Å². The van der Waals surface area contributed by atoms with Crippen LogP contribution in [0.4, 0.5) is 0 Å². The van der Waals surface area contributed by atoms with Crippen LogP contribution >= 0.6 is 11.3 Å². The van der Waals surface area contributed by atoms with Gasteiger partial charge in [-0.25, -0.2) is 0 Å². The fraction of sp³-hybridized carbons (Fsp3) is 0.692. The van der Waals surface area contributed by atoms with Gasteiger partial charge < -0.3 is 9.84 Å². The molecule has 1 heterocycles. The van der Waals surface area contributed by atoms with Gasteiger partial charge in [0.25, 0.3) is 0 Å². The van der Waals surface area contributed by atoms with E-state index in [4.69, 9.17) is 4.74 Å². The van der Waals surface area contributed by atoms with Gasteiger partial charge >= 0.3 is 0 Å². The average Bonchev–Trinajstić information content (AvgIpc) is 2.66. The van der Waals surface area contributed by atoms with Crippen molar-refractivity contribution in [2.24, 2.45) is 0 Å². The Morgan fingerprint density at radius 1 is 1.47 bits per heavy atom. The second kappa shape index (κ2) is 6.50. The number of hydrogen-bond acceptors (Lipinski definition) is 4. The SMILES string of the molecule is CN(Cc1ccsc1)CC(O)COC(C)(C)C. The molecule has 1 unspecified atom stereocenters. The maximum absolute atomic E-state index is 9.85. The number of likely N-dealkylation sites (N-methyl/N-ethyl adjacent to an activating group) is 1. The van der Waals surface area contributed by atoms with Crippen molar-refractivity contribution < 1.29 is 9.84 Å².